The summed E-state index contributed by atoms with van der Waals surface area (Å²) in [6.07, 6.45) is 0. The number of halogens is 2. The van der Waals surface area contributed by atoms with Crippen LogP contribution in [0.3, 0.4) is 0 Å². The predicted octanol–water partition coefficient (Wildman–Crippen LogP) is 3.56. The topological polar surface area (TPSA) is 59.6 Å². The number of nitrogens with two attached hydrogens (primary N) is 1. The van der Waals surface area contributed by atoms with Crippen molar-refractivity contribution < 1.29 is 4.74 Å². The molecule has 114 valence electrons. The molecular formula is C14H23ClIN3O. The van der Waals surface area contributed by atoms with Gasteiger partial charge in [-0.25, -0.2) is 4.99 Å². The van der Waals surface area contributed by atoms with E-state index in [1.54, 1.807) is 6.07 Å². The van der Waals surface area contributed by atoms with Crippen molar-refractivity contribution >= 4 is 41.5 Å². The highest BCUT2D eigenvalue weighted by molar-refractivity contribution is 14.0. The SMILES string of the molecule is CCOc1cc(Cl)ccc1CN=C(N)NC(C)(C)C.I. The van der Waals surface area contributed by atoms with E-state index in [1.807, 2.05) is 39.8 Å². The lowest BCUT2D eigenvalue weighted by molar-refractivity contribution is 0.336. The quantitative estimate of drug-likeness (QED) is 0.452. The number of hydrogen-bond acceptors (Lipinski definition) is 2. The maximum atomic E-state index is 5.95. The van der Waals surface area contributed by atoms with Crippen molar-refractivity contribution in [1.82, 2.24) is 5.32 Å². The van der Waals surface area contributed by atoms with Gasteiger partial charge in [0.05, 0.1) is 13.2 Å². The number of benzene rings is 1. The molecular weight excluding hydrogens is 389 g/mol. The number of rotatable bonds is 4. The number of nitrogens with one attached hydrogen (secondary N) is 1. The fourth-order valence-electron chi connectivity index (χ4n) is 1.54. The van der Waals surface area contributed by atoms with Gasteiger partial charge in [0.1, 0.15) is 5.75 Å². The third-order valence-electron chi connectivity index (χ3n) is 2.25. The molecule has 0 saturated carbocycles. The molecule has 1 aromatic rings. The van der Waals surface area contributed by atoms with Crippen molar-refractivity contribution in [2.45, 2.75) is 39.8 Å². The molecule has 0 aliphatic carbocycles. The molecule has 0 aliphatic heterocycles. The summed E-state index contributed by atoms with van der Waals surface area (Å²) in [6.45, 7) is 9.08. The van der Waals surface area contributed by atoms with Crippen LogP contribution in [0.4, 0.5) is 0 Å². The van der Waals surface area contributed by atoms with Gasteiger partial charge in [0.15, 0.2) is 5.96 Å². The van der Waals surface area contributed by atoms with Crippen molar-refractivity contribution in [3.63, 3.8) is 0 Å². The minimum Gasteiger partial charge on any atom is -0.493 e. The largest absolute Gasteiger partial charge is 0.493 e. The highest BCUT2D eigenvalue weighted by Gasteiger charge is 2.10. The molecule has 0 fully saturated rings. The molecule has 0 radical (unpaired) electrons. The third kappa shape index (κ3) is 7.19. The fraction of sp³-hybridized carbons (Fsp3) is 0.500. The van der Waals surface area contributed by atoms with E-state index < -0.39 is 0 Å². The van der Waals surface area contributed by atoms with Crippen LogP contribution >= 0.6 is 35.6 Å². The zero-order chi connectivity index (χ0) is 14.5. The highest BCUT2D eigenvalue weighted by Crippen LogP contribution is 2.24. The molecule has 6 heteroatoms. The Bertz CT molecular complexity index is 458. The molecule has 20 heavy (non-hydrogen) atoms. The molecule has 1 aromatic carbocycles. The second kappa shape index (κ2) is 8.56. The predicted molar refractivity (Wildman–Crippen MR) is 96.3 cm³/mol. The Hall–Kier alpha value is -0.690. The molecule has 0 aliphatic rings. The summed E-state index contributed by atoms with van der Waals surface area (Å²) in [4.78, 5) is 4.31. The van der Waals surface area contributed by atoms with Crippen LogP contribution < -0.4 is 15.8 Å². The second-order valence-electron chi connectivity index (χ2n) is 5.26. The number of ether oxygens (including phenoxy) is 1. The van der Waals surface area contributed by atoms with Crippen LogP contribution in [-0.2, 0) is 6.54 Å². The standard InChI is InChI=1S/C14H22ClN3O.HI/c1-5-19-12-8-11(15)7-6-10(12)9-17-13(16)18-14(2,3)4;/h6-8H,5,9H2,1-4H3,(H3,16,17,18);1H. The first-order valence-corrected chi connectivity index (χ1v) is 6.69. The summed E-state index contributed by atoms with van der Waals surface area (Å²) in [6, 6.07) is 5.52. The summed E-state index contributed by atoms with van der Waals surface area (Å²) in [5, 5.41) is 3.76. The summed E-state index contributed by atoms with van der Waals surface area (Å²) < 4.78 is 5.54. The van der Waals surface area contributed by atoms with Crippen molar-refractivity contribution in [2.75, 3.05) is 6.61 Å². The number of hydrogen-bond donors (Lipinski definition) is 2. The van der Waals surface area contributed by atoms with E-state index in [4.69, 9.17) is 22.1 Å². The van der Waals surface area contributed by atoms with Crippen LogP contribution in [0.2, 0.25) is 5.02 Å². The first-order chi connectivity index (χ1) is 8.81. The minimum atomic E-state index is -0.101. The van der Waals surface area contributed by atoms with Gasteiger partial charge in [0.25, 0.3) is 0 Å². The Morgan fingerprint density at radius 3 is 2.60 bits per heavy atom. The summed E-state index contributed by atoms with van der Waals surface area (Å²) in [5.74, 6) is 1.17. The van der Waals surface area contributed by atoms with Crippen LogP contribution in [0.15, 0.2) is 23.2 Å². The zero-order valence-electron chi connectivity index (χ0n) is 12.4. The molecule has 3 N–H and O–H groups in total. The summed E-state index contributed by atoms with van der Waals surface area (Å²) in [5.41, 5.74) is 6.70. The van der Waals surface area contributed by atoms with Gasteiger partial charge in [0, 0.05) is 16.1 Å². The lowest BCUT2D eigenvalue weighted by atomic mass is 10.1. The molecule has 0 atom stereocenters. The Balaban J connectivity index is 0.00000361. The van der Waals surface area contributed by atoms with Gasteiger partial charge < -0.3 is 15.8 Å². The maximum Gasteiger partial charge on any atom is 0.189 e. The van der Waals surface area contributed by atoms with Gasteiger partial charge >= 0.3 is 0 Å². The summed E-state index contributed by atoms with van der Waals surface area (Å²) in [7, 11) is 0. The van der Waals surface area contributed by atoms with Gasteiger partial charge in [-0.15, -0.1) is 24.0 Å². The molecule has 0 unspecified atom stereocenters. The minimum absolute atomic E-state index is 0. The van der Waals surface area contributed by atoms with E-state index in [0.717, 1.165) is 11.3 Å². The normalized spacial score (nSPS) is 11.8. The zero-order valence-corrected chi connectivity index (χ0v) is 15.5. The van der Waals surface area contributed by atoms with Gasteiger partial charge in [0.2, 0.25) is 0 Å². The van der Waals surface area contributed by atoms with Crippen LogP contribution in [-0.4, -0.2) is 18.1 Å². The molecule has 0 bridgehead atoms. The molecule has 0 aromatic heterocycles. The average molecular weight is 412 g/mol. The van der Waals surface area contributed by atoms with Crippen molar-refractivity contribution in [3.8, 4) is 5.75 Å². The Morgan fingerprint density at radius 2 is 2.05 bits per heavy atom. The lowest BCUT2D eigenvalue weighted by Crippen LogP contribution is -2.44. The molecule has 0 saturated heterocycles. The van der Waals surface area contributed by atoms with E-state index in [2.05, 4.69) is 10.3 Å². The first-order valence-electron chi connectivity index (χ1n) is 6.31. The maximum absolute atomic E-state index is 5.95. The molecule has 0 heterocycles. The number of guanidine groups is 1. The number of aliphatic imine (C=N–C) groups is 1. The Labute approximate surface area is 143 Å². The van der Waals surface area contributed by atoms with Crippen molar-refractivity contribution in [2.24, 2.45) is 10.7 Å². The summed E-state index contributed by atoms with van der Waals surface area (Å²) >= 11 is 5.95. The van der Waals surface area contributed by atoms with E-state index in [1.165, 1.54) is 0 Å². The van der Waals surface area contributed by atoms with E-state index in [9.17, 15) is 0 Å². The van der Waals surface area contributed by atoms with Crippen molar-refractivity contribution in [1.29, 1.82) is 0 Å². The van der Waals surface area contributed by atoms with Gasteiger partial charge in [-0.05, 0) is 39.8 Å². The van der Waals surface area contributed by atoms with Crippen LogP contribution in [0, 0.1) is 0 Å². The molecule has 0 spiro atoms. The molecule has 0 amide bonds. The van der Waals surface area contributed by atoms with Gasteiger partial charge in [-0.3, -0.25) is 0 Å². The van der Waals surface area contributed by atoms with E-state index >= 15 is 0 Å². The highest BCUT2D eigenvalue weighted by atomic mass is 127. The van der Waals surface area contributed by atoms with Gasteiger partial charge in [-0.1, -0.05) is 17.7 Å². The lowest BCUT2D eigenvalue weighted by Gasteiger charge is -2.21. The smallest absolute Gasteiger partial charge is 0.189 e. The van der Waals surface area contributed by atoms with Crippen LogP contribution in [0.1, 0.15) is 33.3 Å². The molecule has 1 rings (SSSR count). The average Bonchev–Trinajstić information content (AvgIpc) is 2.26. The van der Waals surface area contributed by atoms with E-state index in [0.29, 0.717) is 24.1 Å². The Morgan fingerprint density at radius 1 is 1.40 bits per heavy atom. The second-order valence-corrected chi connectivity index (χ2v) is 5.70. The third-order valence-corrected chi connectivity index (χ3v) is 2.49. The number of nitrogens with zero attached hydrogens (tertiary/aromatic N) is 1. The van der Waals surface area contributed by atoms with Crippen LogP contribution in [0.5, 0.6) is 5.75 Å². The van der Waals surface area contributed by atoms with Crippen molar-refractivity contribution in [3.05, 3.63) is 28.8 Å². The molecule has 4 nitrogen and oxygen atoms in total. The monoisotopic (exact) mass is 411 g/mol. The van der Waals surface area contributed by atoms with Gasteiger partial charge in [-0.2, -0.15) is 0 Å². The van der Waals surface area contributed by atoms with E-state index in [-0.39, 0.29) is 29.5 Å². The fourth-order valence-corrected chi connectivity index (χ4v) is 1.71. The Kier molecular flexibility index (Phi) is 8.27. The van der Waals surface area contributed by atoms with Crippen LogP contribution in [0.25, 0.3) is 0 Å². The first kappa shape index (κ1) is 19.3.